The number of hydrogen-bond donors (Lipinski definition) is 3. The molecule has 116 valence electrons. The van der Waals surface area contributed by atoms with Crippen molar-refractivity contribution in [3.8, 4) is 0 Å². The lowest BCUT2D eigenvalue weighted by molar-refractivity contribution is -0.143. The maximum absolute atomic E-state index is 12.2. The van der Waals surface area contributed by atoms with Gasteiger partial charge in [0.2, 0.25) is 5.91 Å². The molecule has 1 aliphatic rings. The second kappa shape index (κ2) is 6.12. The van der Waals surface area contributed by atoms with Crippen LogP contribution in [0.3, 0.4) is 0 Å². The smallest absolute Gasteiger partial charge is 0.306 e. The third-order valence-electron chi connectivity index (χ3n) is 4.93. The zero-order valence-electron chi connectivity index (χ0n) is 13.0. The molecule has 0 saturated heterocycles. The summed E-state index contributed by atoms with van der Waals surface area (Å²) in [4.78, 5) is 23.1. The van der Waals surface area contributed by atoms with Crippen molar-refractivity contribution in [3.63, 3.8) is 0 Å². The topological polar surface area (TPSA) is 92.4 Å². The van der Waals surface area contributed by atoms with Crippen molar-refractivity contribution < 1.29 is 14.7 Å². The fourth-order valence-corrected chi connectivity index (χ4v) is 2.36. The number of hydrogen-bond acceptors (Lipinski definition) is 3. The molecule has 0 radical (unpaired) electrons. The summed E-state index contributed by atoms with van der Waals surface area (Å²) in [6.45, 7) is 8.02. The molecule has 1 aliphatic carbocycles. The van der Waals surface area contributed by atoms with Crippen molar-refractivity contribution in [2.24, 2.45) is 23.0 Å². The number of carboxylic acids is 1. The summed E-state index contributed by atoms with van der Waals surface area (Å²) in [5.74, 6) is -0.559. The van der Waals surface area contributed by atoms with E-state index in [9.17, 15) is 9.59 Å². The number of carbonyl (C=O) groups excluding carboxylic acids is 1. The predicted molar refractivity (Wildman–Crippen MR) is 78.1 cm³/mol. The van der Waals surface area contributed by atoms with Gasteiger partial charge in [-0.05, 0) is 59.3 Å². The summed E-state index contributed by atoms with van der Waals surface area (Å²) in [6, 6.07) is 0. The van der Waals surface area contributed by atoms with Crippen molar-refractivity contribution in [1.82, 2.24) is 5.32 Å². The van der Waals surface area contributed by atoms with Crippen LogP contribution in [0.15, 0.2) is 0 Å². The van der Waals surface area contributed by atoms with Crippen molar-refractivity contribution in [2.75, 3.05) is 6.54 Å². The van der Waals surface area contributed by atoms with Gasteiger partial charge in [0.15, 0.2) is 0 Å². The van der Waals surface area contributed by atoms with Crippen LogP contribution in [0, 0.1) is 17.3 Å². The summed E-state index contributed by atoms with van der Waals surface area (Å²) in [5.41, 5.74) is 4.83. The van der Waals surface area contributed by atoms with Crippen LogP contribution in [0.25, 0.3) is 0 Å². The van der Waals surface area contributed by atoms with Crippen molar-refractivity contribution in [2.45, 2.75) is 58.9 Å². The lowest BCUT2D eigenvalue weighted by Gasteiger charge is -2.37. The first-order valence-corrected chi connectivity index (χ1v) is 7.35. The molecule has 1 rings (SSSR count). The van der Waals surface area contributed by atoms with Gasteiger partial charge in [-0.25, -0.2) is 0 Å². The lowest BCUT2D eigenvalue weighted by atomic mass is 9.74. The van der Waals surface area contributed by atoms with E-state index in [0.29, 0.717) is 25.3 Å². The summed E-state index contributed by atoms with van der Waals surface area (Å²) >= 11 is 0. The van der Waals surface area contributed by atoms with Crippen LogP contribution in [-0.4, -0.2) is 29.1 Å². The van der Waals surface area contributed by atoms with Gasteiger partial charge in [0.1, 0.15) is 0 Å². The number of carboxylic acid groups (broad SMARTS) is 1. The van der Waals surface area contributed by atoms with Gasteiger partial charge in [0, 0.05) is 12.1 Å². The van der Waals surface area contributed by atoms with Gasteiger partial charge < -0.3 is 16.2 Å². The summed E-state index contributed by atoms with van der Waals surface area (Å²) < 4.78 is 0. The summed E-state index contributed by atoms with van der Waals surface area (Å²) in [7, 11) is 0. The van der Waals surface area contributed by atoms with Gasteiger partial charge in [-0.2, -0.15) is 0 Å². The van der Waals surface area contributed by atoms with Crippen LogP contribution in [0.5, 0.6) is 0 Å². The molecule has 5 nitrogen and oxygen atoms in total. The average molecular weight is 284 g/mol. The number of nitrogens with one attached hydrogen (secondary N) is 1. The van der Waals surface area contributed by atoms with E-state index in [1.807, 2.05) is 27.7 Å². The van der Waals surface area contributed by atoms with E-state index in [4.69, 9.17) is 10.8 Å². The molecule has 4 N–H and O–H groups in total. The largest absolute Gasteiger partial charge is 0.481 e. The minimum absolute atomic E-state index is 0.0367. The average Bonchev–Trinajstić information content (AvgIpc) is 2.34. The Morgan fingerprint density at radius 1 is 1.15 bits per heavy atom. The monoisotopic (exact) mass is 284 g/mol. The van der Waals surface area contributed by atoms with Crippen molar-refractivity contribution in [3.05, 3.63) is 0 Å². The molecule has 1 fully saturated rings. The molecule has 1 amide bonds. The first-order chi connectivity index (χ1) is 9.05. The Hall–Kier alpha value is -1.10. The fourth-order valence-electron chi connectivity index (χ4n) is 2.36. The molecule has 0 unspecified atom stereocenters. The Morgan fingerprint density at radius 2 is 1.65 bits per heavy atom. The van der Waals surface area contributed by atoms with Crippen molar-refractivity contribution >= 4 is 11.9 Å². The summed E-state index contributed by atoms with van der Waals surface area (Å²) in [5, 5.41) is 11.9. The van der Waals surface area contributed by atoms with Crippen LogP contribution in [0.2, 0.25) is 0 Å². The molecule has 0 atom stereocenters. The second-order valence-corrected chi connectivity index (χ2v) is 7.11. The number of nitrogens with two attached hydrogens (primary N) is 1. The van der Waals surface area contributed by atoms with E-state index < -0.39 is 16.9 Å². The quantitative estimate of drug-likeness (QED) is 0.717. The van der Waals surface area contributed by atoms with Crippen LogP contribution in [-0.2, 0) is 9.59 Å². The van der Waals surface area contributed by atoms with E-state index in [1.54, 1.807) is 0 Å². The van der Waals surface area contributed by atoms with E-state index in [0.717, 1.165) is 12.8 Å². The SMILES string of the molecule is CC(C)(N)C(C)(C)C(=O)NCC1CCC(C(=O)O)CC1. The Bertz CT molecular complexity index is 364. The highest BCUT2D eigenvalue weighted by Gasteiger charge is 2.40. The molecule has 5 heteroatoms. The van der Waals surface area contributed by atoms with E-state index in [2.05, 4.69) is 5.32 Å². The highest BCUT2D eigenvalue weighted by atomic mass is 16.4. The second-order valence-electron chi connectivity index (χ2n) is 7.11. The number of carbonyl (C=O) groups is 2. The van der Waals surface area contributed by atoms with Crippen molar-refractivity contribution in [1.29, 1.82) is 0 Å². The van der Waals surface area contributed by atoms with Gasteiger partial charge in [-0.3, -0.25) is 9.59 Å². The van der Waals surface area contributed by atoms with Crippen LogP contribution < -0.4 is 11.1 Å². The highest BCUT2D eigenvalue weighted by Crippen LogP contribution is 2.30. The standard InChI is InChI=1S/C15H28N2O3/c1-14(2,15(3,4)16)13(20)17-9-10-5-7-11(8-6-10)12(18)19/h10-11H,5-9,16H2,1-4H3,(H,17,20)(H,18,19). The molecule has 0 aliphatic heterocycles. The fraction of sp³-hybridized carbons (Fsp3) is 0.867. The molecule has 0 bridgehead atoms. The number of aliphatic carboxylic acids is 1. The normalized spacial score (nSPS) is 24.2. The molecule has 0 heterocycles. The van der Waals surface area contributed by atoms with Gasteiger partial charge in [0.05, 0.1) is 11.3 Å². The summed E-state index contributed by atoms with van der Waals surface area (Å²) in [6.07, 6.45) is 3.15. The number of amides is 1. The first kappa shape index (κ1) is 17.0. The molecule has 0 aromatic heterocycles. The van der Waals surface area contributed by atoms with Crippen LogP contribution in [0.4, 0.5) is 0 Å². The minimum atomic E-state index is -0.696. The van der Waals surface area contributed by atoms with Gasteiger partial charge in [0.25, 0.3) is 0 Å². The highest BCUT2D eigenvalue weighted by molar-refractivity contribution is 5.83. The Kier molecular flexibility index (Phi) is 5.19. The molecule has 0 aromatic carbocycles. The van der Waals surface area contributed by atoms with Crippen LogP contribution in [0.1, 0.15) is 53.4 Å². The number of rotatable bonds is 5. The maximum atomic E-state index is 12.2. The molecular formula is C15H28N2O3. The Labute approximate surface area is 121 Å². The first-order valence-electron chi connectivity index (χ1n) is 7.35. The lowest BCUT2D eigenvalue weighted by Crippen LogP contribution is -2.56. The van der Waals surface area contributed by atoms with Gasteiger partial charge >= 0.3 is 5.97 Å². The van der Waals surface area contributed by atoms with E-state index in [-0.39, 0.29) is 11.8 Å². The van der Waals surface area contributed by atoms with E-state index in [1.165, 1.54) is 0 Å². The molecular weight excluding hydrogens is 256 g/mol. The molecule has 0 spiro atoms. The van der Waals surface area contributed by atoms with Gasteiger partial charge in [-0.1, -0.05) is 0 Å². The third kappa shape index (κ3) is 3.95. The predicted octanol–water partition coefficient (Wildman–Crippen LogP) is 1.76. The molecule has 0 aromatic rings. The maximum Gasteiger partial charge on any atom is 0.306 e. The Morgan fingerprint density at radius 3 is 2.05 bits per heavy atom. The zero-order valence-corrected chi connectivity index (χ0v) is 13.0. The van der Waals surface area contributed by atoms with Crippen LogP contribution >= 0.6 is 0 Å². The molecule has 20 heavy (non-hydrogen) atoms. The zero-order chi connectivity index (χ0) is 15.6. The minimum Gasteiger partial charge on any atom is -0.481 e. The van der Waals surface area contributed by atoms with E-state index >= 15 is 0 Å². The Balaban J connectivity index is 2.42. The molecule has 1 saturated carbocycles. The van der Waals surface area contributed by atoms with Gasteiger partial charge in [-0.15, -0.1) is 0 Å². The third-order valence-corrected chi connectivity index (χ3v) is 4.93.